The molecule has 4 N–H and O–H groups in total. The topological polar surface area (TPSA) is 119 Å². The highest BCUT2D eigenvalue weighted by Crippen LogP contribution is 2.29. The second-order valence-corrected chi connectivity index (χ2v) is 9.23. The number of hydrogen-bond acceptors (Lipinski definition) is 7. The maximum atomic E-state index is 14.9. The molecule has 3 aromatic carbocycles. The molecule has 0 aliphatic rings. The molecule has 0 aliphatic carbocycles. The highest BCUT2D eigenvalue weighted by atomic mass is 35.5. The third kappa shape index (κ3) is 4.80. The van der Waals surface area contributed by atoms with Crippen molar-refractivity contribution in [1.29, 1.82) is 5.41 Å². The lowest BCUT2D eigenvalue weighted by Gasteiger charge is -2.18. The molecule has 2 heterocycles. The summed E-state index contributed by atoms with van der Waals surface area (Å²) in [6.45, 7) is 1.93. The Labute approximate surface area is 228 Å². The van der Waals surface area contributed by atoms with Gasteiger partial charge in [-0.05, 0) is 48.2 Å². The van der Waals surface area contributed by atoms with E-state index in [9.17, 15) is 9.18 Å². The number of aryl methyl sites for hydroxylation is 1. The van der Waals surface area contributed by atoms with E-state index in [1.165, 1.54) is 24.1 Å². The van der Waals surface area contributed by atoms with Crippen molar-refractivity contribution in [1.82, 2.24) is 14.5 Å². The van der Waals surface area contributed by atoms with Gasteiger partial charge in [-0.15, -0.1) is 0 Å². The maximum Gasteiger partial charge on any atom is 0.263 e. The van der Waals surface area contributed by atoms with E-state index in [1.54, 1.807) is 36.4 Å². The lowest BCUT2D eigenvalue weighted by molar-refractivity contribution is 0.415. The third-order valence-corrected chi connectivity index (χ3v) is 6.74. The third-order valence-electron chi connectivity index (χ3n) is 6.43. The number of nitrogen functional groups attached to an aromatic ring is 1. The molecule has 0 atom stereocenters. The molecule has 8 nitrogen and oxygen atoms in total. The summed E-state index contributed by atoms with van der Waals surface area (Å²) in [5.41, 5.74) is 8.07. The molecule has 0 fully saturated rings. The van der Waals surface area contributed by atoms with Crippen LogP contribution in [0.15, 0.2) is 77.9 Å². The summed E-state index contributed by atoms with van der Waals surface area (Å²) in [6, 6.07) is 18.4. The Morgan fingerprint density at radius 1 is 1.13 bits per heavy atom. The second kappa shape index (κ2) is 10.5. The fourth-order valence-corrected chi connectivity index (χ4v) is 4.72. The lowest BCUT2D eigenvalue weighted by atomic mass is 10.0. The number of halogens is 2. The predicted molar refractivity (Wildman–Crippen MR) is 152 cm³/mol. The van der Waals surface area contributed by atoms with E-state index in [0.29, 0.717) is 27.4 Å². The zero-order chi connectivity index (χ0) is 27.7. The van der Waals surface area contributed by atoms with Gasteiger partial charge >= 0.3 is 0 Å². The Balaban J connectivity index is 1.60. The summed E-state index contributed by atoms with van der Waals surface area (Å²) in [7, 11) is 1.49. The number of rotatable bonds is 7. The molecule has 39 heavy (non-hydrogen) atoms. The first-order valence-corrected chi connectivity index (χ1v) is 12.3. The van der Waals surface area contributed by atoms with Crippen molar-refractivity contribution in [2.45, 2.75) is 13.5 Å². The molecule has 5 rings (SSSR count). The van der Waals surface area contributed by atoms with Crippen LogP contribution < -0.4 is 21.3 Å². The van der Waals surface area contributed by atoms with E-state index in [-0.39, 0.29) is 40.7 Å². The monoisotopic (exact) mass is 542 g/mol. The summed E-state index contributed by atoms with van der Waals surface area (Å²) in [5, 5.41) is 13.7. The van der Waals surface area contributed by atoms with Crippen molar-refractivity contribution < 1.29 is 9.13 Å². The van der Waals surface area contributed by atoms with E-state index in [2.05, 4.69) is 15.3 Å². The fourth-order valence-electron chi connectivity index (χ4n) is 4.53. The fraction of sp³-hybridized carbons (Fsp3) is 0.103. The number of ether oxygens (including phenoxy) is 1. The Bertz CT molecular complexity index is 1800. The van der Waals surface area contributed by atoms with Crippen molar-refractivity contribution in [2.24, 2.45) is 0 Å². The van der Waals surface area contributed by atoms with Gasteiger partial charge in [0.15, 0.2) is 0 Å². The smallest absolute Gasteiger partial charge is 0.263 e. The molecule has 10 heteroatoms. The van der Waals surface area contributed by atoms with Gasteiger partial charge in [0.2, 0.25) is 0 Å². The predicted octanol–water partition coefficient (Wildman–Crippen LogP) is 5.50. The average Bonchev–Trinajstić information content (AvgIpc) is 2.92. The first-order valence-electron chi connectivity index (χ1n) is 12.0. The first kappa shape index (κ1) is 25.9. The Morgan fingerprint density at radius 3 is 2.69 bits per heavy atom. The van der Waals surface area contributed by atoms with Crippen LogP contribution in [0, 0.1) is 18.2 Å². The largest absolute Gasteiger partial charge is 0.495 e. The molecule has 196 valence electrons. The number of nitrogens with zero attached hydrogens (tertiary/aromatic N) is 3. The number of anilines is 2. The minimum Gasteiger partial charge on any atom is -0.495 e. The van der Waals surface area contributed by atoms with E-state index >= 15 is 0 Å². The number of para-hydroxylation sites is 1. The summed E-state index contributed by atoms with van der Waals surface area (Å²) in [6.07, 6.45) is 1.28. The Kier molecular flexibility index (Phi) is 7.00. The Hall–Kier alpha value is -4.76. The minimum absolute atomic E-state index is 0.0474. The second-order valence-electron chi connectivity index (χ2n) is 8.83. The standard InChI is InChI=1S/C29H24ClFN6O2/c1-16-6-5-7-17-12-19(37(29(38)24(16)17)22-9-4-3-8-21(22)31)14-34-28-25(27(33)35-15-36-28)26(32)18-10-11-20(30)23(13-18)39-2/h3-13,15,32H,14H2,1-2H3,(H3,33,34,35,36). The van der Waals surface area contributed by atoms with Gasteiger partial charge in [0, 0.05) is 11.3 Å². The van der Waals surface area contributed by atoms with Crippen molar-refractivity contribution >= 4 is 39.7 Å². The summed E-state index contributed by atoms with van der Waals surface area (Å²) in [4.78, 5) is 22.1. The highest BCUT2D eigenvalue weighted by Gasteiger charge is 2.20. The van der Waals surface area contributed by atoms with E-state index < -0.39 is 5.82 Å². The van der Waals surface area contributed by atoms with Gasteiger partial charge in [-0.25, -0.2) is 14.4 Å². The van der Waals surface area contributed by atoms with Crippen molar-refractivity contribution in [2.75, 3.05) is 18.2 Å². The highest BCUT2D eigenvalue weighted by molar-refractivity contribution is 6.32. The van der Waals surface area contributed by atoms with Crippen molar-refractivity contribution in [3.8, 4) is 11.4 Å². The van der Waals surface area contributed by atoms with Gasteiger partial charge in [0.25, 0.3) is 5.56 Å². The van der Waals surface area contributed by atoms with E-state index in [4.69, 9.17) is 27.5 Å². The van der Waals surface area contributed by atoms with Crippen LogP contribution in [-0.4, -0.2) is 27.4 Å². The van der Waals surface area contributed by atoms with E-state index in [0.717, 1.165) is 10.9 Å². The number of methoxy groups -OCH3 is 1. The number of nitrogens with two attached hydrogens (primary N) is 1. The van der Waals surface area contributed by atoms with Crippen LogP contribution >= 0.6 is 11.6 Å². The zero-order valence-electron chi connectivity index (χ0n) is 21.1. The molecule has 0 spiro atoms. The number of nitrogens with one attached hydrogen (secondary N) is 2. The molecule has 0 saturated carbocycles. The first-order chi connectivity index (χ1) is 18.8. The van der Waals surface area contributed by atoms with Gasteiger partial charge in [0.1, 0.15) is 29.5 Å². The van der Waals surface area contributed by atoms with Crippen LogP contribution in [0.25, 0.3) is 16.5 Å². The maximum absolute atomic E-state index is 14.9. The van der Waals surface area contributed by atoms with Crippen LogP contribution in [0.2, 0.25) is 5.02 Å². The molecular weight excluding hydrogens is 519 g/mol. The number of benzene rings is 3. The number of aromatic nitrogens is 3. The molecule has 0 aliphatic heterocycles. The van der Waals surface area contributed by atoms with E-state index in [1.807, 2.05) is 31.2 Å². The molecule has 0 bridgehead atoms. The quantitative estimate of drug-likeness (QED) is 0.234. The van der Waals surface area contributed by atoms with Gasteiger partial charge in [0.05, 0.1) is 41.0 Å². The van der Waals surface area contributed by atoms with Crippen molar-refractivity contribution in [3.05, 3.63) is 117 Å². The summed E-state index contributed by atoms with van der Waals surface area (Å²) in [5.74, 6) is 0.244. The van der Waals surface area contributed by atoms with Crippen LogP contribution in [0.4, 0.5) is 16.0 Å². The number of pyridine rings is 1. The van der Waals surface area contributed by atoms with Gasteiger partial charge in [-0.1, -0.05) is 48.0 Å². The summed E-state index contributed by atoms with van der Waals surface area (Å²) >= 11 is 6.16. The van der Waals surface area contributed by atoms with Crippen LogP contribution in [-0.2, 0) is 6.54 Å². The van der Waals surface area contributed by atoms with Crippen LogP contribution in [0.1, 0.15) is 22.4 Å². The molecule has 0 radical (unpaired) electrons. The van der Waals surface area contributed by atoms with Gasteiger partial charge in [-0.3, -0.25) is 14.8 Å². The molecule has 0 saturated heterocycles. The molecule has 0 unspecified atom stereocenters. The molecule has 5 aromatic rings. The normalized spacial score (nSPS) is 11.0. The van der Waals surface area contributed by atoms with Crippen LogP contribution in [0.5, 0.6) is 5.75 Å². The molecule has 2 aromatic heterocycles. The number of hydrogen-bond donors (Lipinski definition) is 3. The minimum atomic E-state index is -0.529. The molecule has 0 amide bonds. The SMILES string of the molecule is COc1cc(C(=N)c2c(N)ncnc2NCc2cc3cccc(C)c3c(=O)n2-c2ccccc2F)ccc1Cl. The summed E-state index contributed by atoms with van der Waals surface area (Å²) < 4.78 is 21.6. The number of fused-ring (bicyclic) bond motifs is 1. The lowest BCUT2D eigenvalue weighted by Crippen LogP contribution is -2.25. The van der Waals surface area contributed by atoms with Gasteiger partial charge in [-0.2, -0.15) is 0 Å². The Morgan fingerprint density at radius 2 is 1.92 bits per heavy atom. The van der Waals surface area contributed by atoms with Crippen molar-refractivity contribution in [3.63, 3.8) is 0 Å². The average molecular weight is 543 g/mol. The van der Waals surface area contributed by atoms with Gasteiger partial charge < -0.3 is 15.8 Å². The molecular formula is C29H24ClFN6O2. The van der Waals surface area contributed by atoms with Crippen LogP contribution in [0.3, 0.4) is 0 Å². The zero-order valence-corrected chi connectivity index (χ0v) is 21.9.